The summed E-state index contributed by atoms with van der Waals surface area (Å²) in [6, 6.07) is 63.0. The summed E-state index contributed by atoms with van der Waals surface area (Å²) >= 11 is 0. The first-order valence-electron chi connectivity index (χ1n) is 20.9. The fourth-order valence-corrected chi connectivity index (χ4v) is 9.17. The third kappa shape index (κ3) is 5.66. The summed E-state index contributed by atoms with van der Waals surface area (Å²) in [6.45, 7) is 0. The van der Waals surface area contributed by atoms with Crippen molar-refractivity contribution in [2.45, 2.75) is 0 Å². The molecule has 7 aromatic carbocycles. The summed E-state index contributed by atoms with van der Waals surface area (Å²) in [5, 5.41) is 5.57. The molecule has 0 spiro atoms. The van der Waals surface area contributed by atoms with Gasteiger partial charge in [-0.05, 0) is 77.9 Å². The Morgan fingerprint density at radius 3 is 1.73 bits per heavy atom. The van der Waals surface area contributed by atoms with Crippen LogP contribution in [0, 0.1) is 0 Å². The molecule has 63 heavy (non-hydrogen) atoms. The Balaban J connectivity index is 0.937. The summed E-state index contributed by atoms with van der Waals surface area (Å²) in [5.74, 6) is 1.80. The molecule has 0 bridgehead atoms. The van der Waals surface area contributed by atoms with E-state index in [9.17, 15) is 0 Å². The fourth-order valence-electron chi connectivity index (χ4n) is 9.17. The zero-order chi connectivity index (χ0) is 41.4. The zero-order valence-corrected chi connectivity index (χ0v) is 33.6. The molecule has 13 aromatic rings. The molecule has 0 saturated heterocycles. The molecule has 0 unspecified atom stereocenters. The van der Waals surface area contributed by atoms with Crippen LogP contribution in [-0.2, 0) is 0 Å². The van der Waals surface area contributed by atoms with Gasteiger partial charge in [-0.1, -0.05) is 115 Å². The zero-order valence-electron chi connectivity index (χ0n) is 33.6. The van der Waals surface area contributed by atoms with Gasteiger partial charge in [0.2, 0.25) is 5.95 Å². The van der Waals surface area contributed by atoms with Gasteiger partial charge in [0.15, 0.2) is 17.2 Å². The smallest absolute Gasteiger partial charge is 0.238 e. The standard InChI is InChI=1S/C55H33N7O/c1-3-12-34(13-4-1)53-58-54(35-14-5-2-6-15-35)60-55(59-53)62-47-19-10-8-17-42(47)44-29-36(22-25-48(44)62)38-28-39(33-56-32-38)37-21-24-43-41-16-7-9-18-46(41)61(49(43)30-37)40-23-26-50-45(31-40)52-51(63-50)20-11-27-57-52/h1-33H. The Morgan fingerprint density at radius 1 is 0.365 bits per heavy atom. The normalized spacial score (nSPS) is 11.8. The van der Waals surface area contributed by atoms with Crippen LogP contribution >= 0.6 is 0 Å². The van der Waals surface area contributed by atoms with Gasteiger partial charge in [-0.3, -0.25) is 14.5 Å². The number of hydrogen-bond donors (Lipinski definition) is 0. The minimum absolute atomic E-state index is 0.563. The predicted octanol–water partition coefficient (Wildman–Crippen LogP) is 13.4. The van der Waals surface area contributed by atoms with Gasteiger partial charge in [0.1, 0.15) is 11.1 Å². The van der Waals surface area contributed by atoms with E-state index in [1.165, 1.54) is 10.8 Å². The number of aromatic nitrogens is 7. The van der Waals surface area contributed by atoms with Crippen LogP contribution in [0.4, 0.5) is 0 Å². The van der Waals surface area contributed by atoms with Crippen molar-refractivity contribution in [3.63, 3.8) is 0 Å². The Labute approximate surface area is 360 Å². The number of pyridine rings is 2. The van der Waals surface area contributed by atoms with Crippen LogP contribution in [0.1, 0.15) is 0 Å². The van der Waals surface area contributed by atoms with Crippen LogP contribution in [0.2, 0.25) is 0 Å². The van der Waals surface area contributed by atoms with Gasteiger partial charge in [0.05, 0.1) is 22.1 Å². The maximum atomic E-state index is 6.14. The molecule has 0 N–H and O–H groups in total. The molecule has 13 rings (SSSR count). The lowest BCUT2D eigenvalue weighted by Crippen LogP contribution is -2.06. The number of hydrogen-bond acceptors (Lipinski definition) is 6. The van der Waals surface area contributed by atoms with Gasteiger partial charge in [0.25, 0.3) is 0 Å². The highest BCUT2D eigenvalue weighted by molar-refractivity contribution is 6.12. The van der Waals surface area contributed by atoms with Crippen LogP contribution < -0.4 is 0 Å². The number of para-hydroxylation sites is 2. The Morgan fingerprint density at radius 2 is 0.984 bits per heavy atom. The molecular formula is C55H33N7O. The first kappa shape index (κ1) is 35.0. The van der Waals surface area contributed by atoms with Gasteiger partial charge in [-0.25, -0.2) is 4.98 Å². The second-order valence-corrected chi connectivity index (χ2v) is 15.8. The van der Waals surface area contributed by atoms with Crippen molar-refractivity contribution in [1.29, 1.82) is 0 Å². The van der Waals surface area contributed by atoms with Crippen LogP contribution in [-0.4, -0.2) is 34.1 Å². The SMILES string of the molecule is c1ccc(-c2nc(-c3ccccc3)nc(-n3c4ccccc4c4cc(-c5cncc(-c6ccc7c8ccccc8n(-c8ccc9oc%10cccnc%10c9c8)c7c6)c5)ccc43)n2)cc1. The van der Waals surface area contributed by atoms with Crippen molar-refractivity contribution in [2.75, 3.05) is 0 Å². The number of fused-ring (bicyclic) bond motifs is 9. The van der Waals surface area contributed by atoms with Crippen molar-refractivity contribution in [1.82, 2.24) is 34.1 Å². The Kier molecular flexibility index (Phi) is 7.74. The molecule has 0 radical (unpaired) electrons. The van der Waals surface area contributed by atoms with Crippen molar-refractivity contribution in [2.24, 2.45) is 0 Å². The first-order valence-corrected chi connectivity index (χ1v) is 20.9. The van der Waals surface area contributed by atoms with Crippen LogP contribution in [0.3, 0.4) is 0 Å². The molecule has 0 amide bonds. The molecule has 8 heteroatoms. The third-order valence-electron chi connectivity index (χ3n) is 12.1. The lowest BCUT2D eigenvalue weighted by atomic mass is 9.99. The molecule has 8 nitrogen and oxygen atoms in total. The highest BCUT2D eigenvalue weighted by Crippen LogP contribution is 2.39. The predicted molar refractivity (Wildman–Crippen MR) is 253 cm³/mol. The number of furan rings is 1. The Hall–Kier alpha value is -8.75. The molecule has 0 atom stereocenters. The van der Waals surface area contributed by atoms with Crippen molar-refractivity contribution in [3.05, 3.63) is 201 Å². The van der Waals surface area contributed by atoms with E-state index in [2.05, 4.69) is 117 Å². The van der Waals surface area contributed by atoms with E-state index in [-0.39, 0.29) is 0 Å². The number of benzene rings is 7. The highest BCUT2D eigenvalue weighted by atomic mass is 16.3. The maximum Gasteiger partial charge on any atom is 0.238 e. The van der Waals surface area contributed by atoms with Crippen LogP contribution in [0.5, 0.6) is 0 Å². The van der Waals surface area contributed by atoms with E-state index < -0.39 is 0 Å². The quantitative estimate of drug-likeness (QED) is 0.166. The fraction of sp³-hybridized carbons (Fsp3) is 0. The van der Waals surface area contributed by atoms with E-state index in [0.29, 0.717) is 17.6 Å². The lowest BCUT2D eigenvalue weighted by molar-refractivity contribution is 0.668. The van der Waals surface area contributed by atoms with Crippen LogP contribution in [0.25, 0.3) is 122 Å². The van der Waals surface area contributed by atoms with E-state index >= 15 is 0 Å². The molecule has 0 aliphatic heterocycles. The van der Waals surface area contributed by atoms with Gasteiger partial charge < -0.3 is 8.98 Å². The molecule has 0 aliphatic carbocycles. The highest BCUT2D eigenvalue weighted by Gasteiger charge is 2.20. The average Bonchev–Trinajstić information content (AvgIpc) is 4.01. The second-order valence-electron chi connectivity index (χ2n) is 15.8. The van der Waals surface area contributed by atoms with E-state index in [1.807, 2.05) is 97.5 Å². The van der Waals surface area contributed by atoms with Crippen molar-refractivity contribution < 1.29 is 4.42 Å². The van der Waals surface area contributed by atoms with Crippen molar-refractivity contribution in [3.8, 4) is 56.7 Å². The van der Waals surface area contributed by atoms with Gasteiger partial charge in [0, 0.05) is 73.5 Å². The second kappa shape index (κ2) is 13.9. The van der Waals surface area contributed by atoms with Crippen LogP contribution in [0.15, 0.2) is 205 Å². The summed E-state index contributed by atoms with van der Waals surface area (Å²) < 4.78 is 10.6. The monoisotopic (exact) mass is 807 g/mol. The molecule has 294 valence electrons. The van der Waals surface area contributed by atoms with E-state index in [1.54, 1.807) is 0 Å². The molecule has 0 fully saturated rings. The minimum Gasteiger partial charge on any atom is -0.454 e. The van der Waals surface area contributed by atoms with E-state index in [4.69, 9.17) is 24.4 Å². The van der Waals surface area contributed by atoms with Gasteiger partial charge in [-0.15, -0.1) is 0 Å². The summed E-state index contributed by atoms with van der Waals surface area (Å²) in [7, 11) is 0. The van der Waals surface area contributed by atoms with Gasteiger partial charge in [-0.2, -0.15) is 9.97 Å². The summed E-state index contributed by atoms with van der Waals surface area (Å²) in [6.07, 6.45) is 5.71. The van der Waals surface area contributed by atoms with Gasteiger partial charge >= 0.3 is 0 Å². The minimum atomic E-state index is 0.563. The Bertz CT molecular complexity index is 3870. The third-order valence-corrected chi connectivity index (χ3v) is 12.1. The molecular weight excluding hydrogens is 775 g/mol. The summed E-state index contributed by atoms with van der Waals surface area (Å²) in [4.78, 5) is 24.6. The molecule has 6 heterocycles. The average molecular weight is 808 g/mol. The largest absolute Gasteiger partial charge is 0.454 e. The molecule has 0 saturated carbocycles. The van der Waals surface area contributed by atoms with E-state index in [0.717, 1.165) is 94.0 Å². The molecule has 0 aliphatic rings. The summed E-state index contributed by atoms with van der Waals surface area (Å²) in [5.41, 5.74) is 13.8. The molecule has 6 aromatic heterocycles. The number of rotatable bonds is 6. The number of nitrogens with zero attached hydrogens (tertiary/aromatic N) is 7. The van der Waals surface area contributed by atoms with Crippen molar-refractivity contribution >= 4 is 65.7 Å². The maximum absolute atomic E-state index is 6.14. The first-order chi connectivity index (χ1) is 31.2. The topological polar surface area (TPSA) is 87.5 Å². The lowest BCUT2D eigenvalue weighted by Gasteiger charge is -2.11.